The number of benzene rings is 1. The average Bonchev–Trinajstić information content (AvgIpc) is 3.17. The second kappa shape index (κ2) is 4.49. The maximum atomic E-state index is 12.0. The van der Waals surface area contributed by atoms with E-state index in [4.69, 9.17) is 10.4 Å². The molecule has 0 aromatic heterocycles. The Morgan fingerprint density at radius 1 is 1.44 bits per heavy atom. The molecule has 1 aliphatic rings. The highest BCUT2D eigenvalue weighted by atomic mass is 16.4. The Balaban J connectivity index is 2.12. The molecule has 0 saturated heterocycles. The van der Waals surface area contributed by atoms with Crippen LogP contribution in [0.5, 0.6) is 0 Å². The lowest BCUT2D eigenvalue weighted by molar-refractivity contribution is -0.139. The first-order valence-corrected chi connectivity index (χ1v) is 5.55. The van der Waals surface area contributed by atoms with E-state index in [-0.39, 0.29) is 5.91 Å². The van der Waals surface area contributed by atoms with Crippen molar-refractivity contribution in [3.05, 3.63) is 29.8 Å². The van der Waals surface area contributed by atoms with Gasteiger partial charge in [0, 0.05) is 12.7 Å². The van der Waals surface area contributed by atoms with Gasteiger partial charge in [0.15, 0.2) is 0 Å². The number of hydrogen-bond donors (Lipinski definition) is 1. The molecule has 0 unspecified atom stereocenters. The van der Waals surface area contributed by atoms with E-state index < -0.39 is 17.8 Å². The van der Waals surface area contributed by atoms with Crippen molar-refractivity contribution in [1.82, 2.24) is 0 Å². The summed E-state index contributed by atoms with van der Waals surface area (Å²) in [5, 5.41) is 17.6. The molecule has 1 amide bonds. The molecule has 1 saturated carbocycles. The van der Waals surface area contributed by atoms with E-state index in [1.165, 1.54) is 4.90 Å². The molecule has 0 aliphatic heterocycles. The first-order valence-electron chi connectivity index (χ1n) is 5.55. The van der Waals surface area contributed by atoms with Crippen LogP contribution in [0.1, 0.15) is 12.0 Å². The van der Waals surface area contributed by atoms with Crippen LogP contribution in [-0.2, 0) is 9.59 Å². The Bertz CT molecular complexity index is 547. The lowest BCUT2D eigenvalue weighted by Gasteiger charge is -2.17. The van der Waals surface area contributed by atoms with Crippen LogP contribution in [0.3, 0.4) is 0 Å². The number of carbonyl (C=O) groups excluding carboxylic acids is 1. The molecular formula is C13H12N2O3. The Morgan fingerprint density at radius 2 is 2.17 bits per heavy atom. The molecule has 0 radical (unpaired) electrons. The molecule has 92 valence electrons. The largest absolute Gasteiger partial charge is 0.481 e. The van der Waals surface area contributed by atoms with Crippen LogP contribution in [0, 0.1) is 23.2 Å². The SMILES string of the molecule is CN(C(=O)[C@@H]1C[C@@H]1C(=O)O)c1cccc(C#N)c1. The van der Waals surface area contributed by atoms with E-state index >= 15 is 0 Å². The molecule has 5 heteroatoms. The summed E-state index contributed by atoms with van der Waals surface area (Å²) >= 11 is 0. The number of hydrogen-bond acceptors (Lipinski definition) is 3. The number of carboxylic acid groups (broad SMARTS) is 1. The summed E-state index contributed by atoms with van der Waals surface area (Å²) in [6.07, 6.45) is 0.399. The standard InChI is InChI=1S/C13H12N2O3/c1-15(9-4-2-3-8(5-9)7-14)12(16)10-6-11(10)13(17)18/h2-5,10-11H,6H2,1H3,(H,17,18)/t10-,11+/m1/s1. The second-order valence-corrected chi connectivity index (χ2v) is 4.35. The highest BCUT2D eigenvalue weighted by Crippen LogP contribution is 2.40. The Kier molecular flexibility index (Phi) is 3.02. The number of anilines is 1. The van der Waals surface area contributed by atoms with E-state index in [9.17, 15) is 9.59 Å². The highest BCUT2D eigenvalue weighted by molar-refractivity contribution is 5.99. The highest BCUT2D eigenvalue weighted by Gasteiger charge is 2.49. The summed E-state index contributed by atoms with van der Waals surface area (Å²) in [4.78, 5) is 24.1. The van der Waals surface area contributed by atoms with Gasteiger partial charge in [-0.1, -0.05) is 6.07 Å². The molecular weight excluding hydrogens is 232 g/mol. The van der Waals surface area contributed by atoms with E-state index in [0.717, 1.165) is 0 Å². The smallest absolute Gasteiger partial charge is 0.307 e. The van der Waals surface area contributed by atoms with Crippen molar-refractivity contribution in [1.29, 1.82) is 5.26 Å². The quantitative estimate of drug-likeness (QED) is 0.867. The number of nitrogens with zero attached hydrogens (tertiary/aromatic N) is 2. The van der Waals surface area contributed by atoms with Gasteiger partial charge in [0.05, 0.1) is 23.5 Å². The number of nitriles is 1. The van der Waals surface area contributed by atoms with Gasteiger partial charge in [0.2, 0.25) is 5.91 Å². The van der Waals surface area contributed by atoms with Crippen LogP contribution in [0.4, 0.5) is 5.69 Å². The van der Waals surface area contributed by atoms with Crippen LogP contribution in [-0.4, -0.2) is 24.0 Å². The molecule has 0 bridgehead atoms. The van der Waals surface area contributed by atoms with Crippen molar-refractivity contribution in [2.24, 2.45) is 11.8 Å². The van der Waals surface area contributed by atoms with Crippen molar-refractivity contribution in [2.75, 3.05) is 11.9 Å². The van der Waals surface area contributed by atoms with Gasteiger partial charge in [-0.25, -0.2) is 0 Å². The molecule has 18 heavy (non-hydrogen) atoms. The van der Waals surface area contributed by atoms with Crippen LogP contribution in [0.2, 0.25) is 0 Å². The Morgan fingerprint density at radius 3 is 2.72 bits per heavy atom. The zero-order chi connectivity index (χ0) is 13.3. The molecule has 1 aliphatic carbocycles. The van der Waals surface area contributed by atoms with Gasteiger partial charge < -0.3 is 10.0 Å². The fraction of sp³-hybridized carbons (Fsp3) is 0.308. The fourth-order valence-corrected chi connectivity index (χ4v) is 1.90. The van der Waals surface area contributed by atoms with Crippen LogP contribution < -0.4 is 4.90 Å². The molecule has 2 rings (SSSR count). The minimum Gasteiger partial charge on any atom is -0.481 e. The molecule has 2 atom stereocenters. The fourth-order valence-electron chi connectivity index (χ4n) is 1.90. The van der Waals surface area contributed by atoms with Gasteiger partial charge in [-0.15, -0.1) is 0 Å². The number of carbonyl (C=O) groups is 2. The predicted molar refractivity (Wildman–Crippen MR) is 63.8 cm³/mol. The maximum absolute atomic E-state index is 12.0. The number of carboxylic acids is 1. The number of amides is 1. The monoisotopic (exact) mass is 244 g/mol. The van der Waals surface area contributed by atoms with Crippen molar-refractivity contribution >= 4 is 17.6 Å². The Labute approximate surface area is 104 Å². The normalized spacial score (nSPS) is 20.9. The van der Waals surface area contributed by atoms with Gasteiger partial charge in [-0.3, -0.25) is 9.59 Å². The third-order valence-electron chi connectivity index (χ3n) is 3.12. The van der Waals surface area contributed by atoms with E-state index in [2.05, 4.69) is 0 Å². The third-order valence-corrected chi connectivity index (χ3v) is 3.12. The molecule has 1 aromatic rings. The number of aliphatic carboxylic acids is 1. The van der Waals surface area contributed by atoms with Gasteiger partial charge in [0.25, 0.3) is 0 Å². The van der Waals surface area contributed by atoms with Crippen LogP contribution in [0.15, 0.2) is 24.3 Å². The molecule has 0 heterocycles. The molecule has 1 N–H and O–H groups in total. The molecule has 1 fully saturated rings. The van der Waals surface area contributed by atoms with Gasteiger partial charge >= 0.3 is 5.97 Å². The zero-order valence-electron chi connectivity index (χ0n) is 9.83. The minimum atomic E-state index is -0.924. The van der Waals surface area contributed by atoms with Gasteiger partial charge in [-0.2, -0.15) is 5.26 Å². The molecule has 1 aromatic carbocycles. The van der Waals surface area contributed by atoms with E-state index in [1.54, 1.807) is 31.3 Å². The van der Waals surface area contributed by atoms with Crippen molar-refractivity contribution in [3.63, 3.8) is 0 Å². The lowest BCUT2D eigenvalue weighted by Crippen LogP contribution is -2.29. The summed E-state index contributed by atoms with van der Waals surface area (Å²) < 4.78 is 0. The van der Waals surface area contributed by atoms with E-state index in [0.29, 0.717) is 17.7 Å². The van der Waals surface area contributed by atoms with Gasteiger partial charge in [-0.05, 0) is 24.6 Å². The zero-order valence-corrected chi connectivity index (χ0v) is 9.83. The summed E-state index contributed by atoms with van der Waals surface area (Å²) in [5.74, 6) is -2.12. The summed E-state index contributed by atoms with van der Waals surface area (Å²) in [6, 6.07) is 8.67. The first kappa shape index (κ1) is 12.1. The minimum absolute atomic E-state index is 0.211. The number of rotatable bonds is 3. The average molecular weight is 244 g/mol. The predicted octanol–water partition coefficient (Wildman–Crippen LogP) is 1.24. The molecule has 0 spiro atoms. The van der Waals surface area contributed by atoms with Crippen LogP contribution in [0.25, 0.3) is 0 Å². The maximum Gasteiger partial charge on any atom is 0.307 e. The first-order chi connectivity index (χ1) is 8.54. The van der Waals surface area contributed by atoms with Crippen molar-refractivity contribution in [2.45, 2.75) is 6.42 Å². The summed E-state index contributed by atoms with van der Waals surface area (Å²) in [7, 11) is 1.59. The van der Waals surface area contributed by atoms with Crippen molar-refractivity contribution < 1.29 is 14.7 Å². The second-order valence-electron chi connectivity index (χ2n) is 4.35. The lowest BCUT2D eigenvalue weighted by atomic mass is 10.2. The summed E-state index contributed by atoms with van der Waals surface area (Å²) in [5.41, 5.74) is 1.08. The van der Waals surface area contributed by atoms with E-state index in [1.807, 2.05) is 6.07 Å². The third kappa shape index (κ3) is 2.18. The van der Waals surface area contributed by atoms with Gasteiger partial charge in [0.1, 0.15) is 0 Å². The topological polar surface area (TPSA) is 81.4 Å². The Hall–Kier alpha value is -2.35. The van der Waals surface area contributed by atoms with Crippen LogP contribution >= 0.6 is 0 Å². The molecule has 5 nitrogen and oxygen atoms in total. The summed E-state index contributed by atoms with van der Waals surface area (Å²) in [6.45, 7) is 0. The van der Waals surface area contributed by atoms with Crippen molar-refractivity contribution in [3.8, 4) is 6.07 Å².